The molecule has 3 aromatic rings. The third-order valence-corrected chi connectivity index (χ3v) is 10.1. The van der Waals surface area contributed by atoms with Crippen molar-refractivity contribution in [1.29, 1.82) is 0 Å². The van der Waals surface area contributed by atoms with Crippen LogP contribution in [0.3, 0.4) is 0 Å². The zero-order valence-electron chi connectivity index (χ0n) is 26.2. The highest BCUT2D eigenvalue weighted by molar-refractivity contribution is 7.89. The number of nitrogens with zero attached hydrogens (tertiary/aromatic N) is 4. The number of ether oxygens (including phenoxy) is 4. The second-order valence-electron chi connectivity index (χ2n) is 11.0. The zero-order chi connectivity index (χ0) is 32.8. The standard InChI is InChI=1S/C32H40N4O9S/c1-23-30(32(39)36(33(23)2)25-7-5-4-6-8-25)24-21-28(31(38)34-14-18-43-19-15-34)45-29(22-24)44-20-16-35(13-17-37)46(40,41)27-11-9-26(42-3)10-12-27/h4-12,21,24,29,37H,13-20,22H2,1-3H3/t24-,29+/m0/s1. The first-order valence-electron chi connectivity index (χ1n) is 15.1. The van der Waals surface area contributed by atoms with E-state index in [4.69, 9.17) is 18.9 Å². The summed E-state index contributed by atoms with van der Waals surface area (Å²) in [6.45, 7) is 2.77. The van der Waals surface area contributed by atoms with E-state index in [-0.39, 0.29) is 54.8 Å². The Labute approximate surface area is 268 Å². The smallest absolute Gasteiger partial charge is 0.288 e. The lowest BCUT2D eigenvalue weighted by Gasteiger charge is -2.33. The molecule has 2 aromatic carbocycles. The number of hydrogen-bond donors (Lipinski definition) is 1. The number of morpholine rings is 1. The van der Waals surface area contributed by atoms with Crippen molar-refractivity contribution in [3.05, 3.63) is 88.0 Å². The molecule has 2 aliphatic rings. The lowest BCUT2D eigenvalue weighted by atomic mass is 9.93. The van der Waals surface area contributed by atoms with Crippen LogP contribution in [0.2, 0.25) is 0 Å². The summed E-state index contributed by atoms with van der Waals surface area (Å²) >= 11 is 0. The maximum atomic E-state index is 13.9. The number of allylic oxidation sites excluding steroid dienone is 1. The average Bonchev–Trinajstić information content (AvgIpc) is 3.31. The number of para-hydroxylation sites is 1. The number of aromatic nitrogens is 2. The first-order chi connectivity index (χ1) is 22.1. The largest absolute Gasteiger partial charge is 0.497 e. The minimum atomic E-state index is -3.96. The maximum Gasteiger partial charge on any atom is 0.288 e. The molecule has 0 bridgehead atoms. The van der Waals surface area contributed by atoms with E-state index >= 15 is 0 Å². The van der Waals surface area contributed by atoms with Crippen LogP contribution in [0.5, 0.6) is 5.75 Å². The molecule has 14 heteroatoms. The van der Waals surface area contributed by atoms with Gasteiger partial charge in [0.1, 0.15) is 5.75 Å². The van der Waals surface area contributed by atoms with Gasteiger partial charge in [-0.3, -0.25) is 14.3 Å². The molecule has 1 N–H and O–H groups in total. The van der Waals surface area contributed by atoms with E-state index in [9.17, 15) is 23.1 Å². The Kier molecular flexibility index (Phi) is 10.6. The molecule has 0 aliphatic carbocycles. The van der Waals surface area contributed by atoms with Crippen molar-refractivity contribution in [3.63, 3.8) is 0 Å². The zero-order valence-corrected chi connectivity index (χ0v) is 27.0. The summed E-state index contributed by atoms with van der Waals surface area (Å²) in [7, 11) is -0.659. The average molecular weight is 657 g/mol. The van der Waals surface area contributed by atoms with Crippen LogP contribution in [0.25, 0.3) is 5.69 Å². The van der Waals surface area contributed by atoms with Crippen molar-refractivity contribution in [2.45, 2.75) is 30.4 Å². The van der Waals surface area contributed by atoms with Crippen LogP contribution in [-0.4, -0.2) is 104 Å². The van der Waals surface area contributed by atoms with Crippen molar-refractivity contribution in [1.82, 2.24) is 18.6 Å². The van der Waals surface area contributed by atoms with Gasteiger partial charge in [0.25, 0.3) is 11.5 Å². The molecule has 1 saturated heterocycles. The number of hydrogen-bond acceptors (Lipinski definition) is 9. The quantitative estimate of drug-likeness (QED) is 0.309. The highest BCUT2D eigenvalue weighted by atomic mass is 32.2. The van der Waals surface area contributed by atoms with E-state index in [0.717, 1.165) is 10.00 Å². The van der Waals surface area contributed by atoms with Gasteiger partial charge in [-0.1, -0.05) is 18.2 Å². The Morgan fingerprint density at radius 2 is 1.76 bits per heavy atom. The van der Waals surface area contributed by atoms with Crippen LogP contribution in [0.15, 0.2) is 76.1 Å². The lowest BCUT2D eigenvalue weighted by molar-refractivity contribution is -0.155. The minimum Gasteiger partial charge on any atom is -0.497 e. The summed E-state index contributed by atoms with van der Waals surface area (Å²) in [6.07, 6.45) is 0.960. The maximum absolute atomic E-state index is 13.9. The number of amides is 1. The first-order valence-corrected chi connectivity index (χ1v) is 16.6. The lowest BCUT2D eigenvalue weighted by Crippen LogP contribution is -2.43. The normalized spacial score (nSPS) is 18.7. The van der Waals surface area contributed by atoms with Gasteiger partial charge in [-0.05, 0) is 49.4 Å². The van der Waals surface area contributed by atoms with E-state index in [0.29, 0.717) is 43.3 Å². The number of carbonyl (C=O) groups is 1. The topological polar surface area (TPSA) is 142 Å². The molecule has 2 atom stereocenters. The van der Waals surface area contributed by atoms with Gasteiger partial charge in [0.2, 0.25) is 16.3 Å². The van der Waals surface area contributed by atoms with E-state index in [1.165, 1.54) is 19.2 Å². The predicted octanol–water partition coefficient (Wildman–Crippen LogP) is 1.77. The van der Waals surface area contributed by atoms with Gasteiger partial charge >= 0.3 is 0 Å². The monoisotopic (exact) mass is 656 g/mol. The summed E-state index contributed by atoms with van der Waals surface area (Å²) < 4.78 is 53.9. The Morgan fingerprint density at radius 1 is 1.07 bits per heavy atom. The first kappa shape index (κ1) is 33.4. The number of aliphatic hydroxyl groups excluding tert-OH is 1. The summed E-state index contributed by atoms with van der Waals surface area (Å²) in [6, 6.07) is 15.3. The van der Waals surface area contributed by atoms with Crippen molar-refractivity contribution < 1.29 is 37.3 Å². The Balaban J connectivity index is 1.39. The van der Waals surface area contributed by atoms with Gasteiger partial charge in [0.05, 0.1) is 44.1 Å². The molecule has 1 aromatic heterocycles. The summed E-state index contributed by atoms with van der Waals surface area (Å²) in [5, 5.41) is 9.63. The second-order valence-corrected chi connectivity index (χ2v) is 12.9. The van der Waals surface area contributed by atoms with Gasteiger partial charge in [0.15, 0.2) is 5.76 Å². The van der Waals surface area contributed by atoms with Crippen LogP contribution in [0, 0.1) is 6.92 Å². The molecule has 0 unspecified atom stereocenters. The van der Waals surface area contributed by atoms with Gasteiger partial charge in [-0.25, -0.2) is 13.1 Å². The summed E-state index contributed by atoms with van der Waals surface area (Å²) in [5.74, 6) is -0.267. The van der Waals surface area contributed by atoms with Crippen molar-refractivity contribution in [2.75, 3.05) is 59.7 Å². The Bertz CT molecular complexity index is 1700. The van der Waals surface area contributed by atoms with Gasteiger partial charge in [-0.2, -0.15) is 4.31 Å². The third kappa shape index (κ3) is 7.05. The van der Waals surface area contributed by atoms with Crippen LogP contribution in [-0.2, 0) is 36.1 Å². The SMILES string of the molecule is COc1ccc(S(=O)(=O)N(CCO)CCO[C@H]2C[C@@H](c3c(C)n(C)n(-c4ccccc4)c3=O)C=C(C(=O)N3CCOCC3)O2)cc1. The van der Waals surface area contributed by atoms with Gasteiger partial charge in [-0.15, -0.1) is 0 Å². The fourth-order valence-electron chi connectivity index (χ4n) is 5.70. The highest BCUT2D eigenvalue weighted by Gasteiger charge is 2.35. The molecule has 1 amide bonds. The number of carbonyl (C=O) groups excluding carboxylic acids is 1. The van der Waals surface area contributed by atoms with Gasteiger partial charge < -0.3 is 29.0 Å². The number of sulfonamides is 1. The Morgan fingerprint density at radius 3 is 2.41 bits per heavy atom. The third-order valence-electron chi connectivity index (χ3n) is 8.23. The van der Waals surface area contributed by atoms with E-state index in [2.05, 4.69) is 0 Å². The van der Waals surface area contributed by atoms with E-state index < -0.39 is 22.2 Å². The van der Waals surface area contributed by atoms with Crippen molar-refractivity contribution in [2.24, 2.45) is 7.05 Å². The molecule has 0 saturated carbocycles. The van der Waals surface area contributed by atoms with Crippen molar-refractivity contribution >= 4 is 15.9 Å². The molecule has 0 spiro atoms. The second kappa shape index (κ2) is 14.6. The predicted molar refractivity (Wildman–Crippen MR) is 168 cm³/mol. The fourth-order valence-corrected chi connectivity index (χ4v) is 7.11. The number of benzene rings is 2. The summed E-state index contributed by atoms with van der Waals surface area (Å²) in [4.78, 5) is 29.1. The number of aliphatic hydroxyl groups is 1. The molecule has 3 heterocycles. The number of methoxy groups -OCH3 is 1. The Hall–Kier alpha value is -3.95. The van der Waals surface area contributed by atoms with E-state index in [1.807, 2.05) is 44.3 Å². The van der Waals surface area contributed by atoms with Crippen LogP contribution < -0.4 is 10.3 Å². The molecule has 46 heavy (non-hydrogen) atoms. The number of rotatable bonds is 12. The highest BCUT2D eigenvalue weighted by Crippen LogP contribution is 2.33. The molecule has 0 radical (unpaired) electrons. The molecular weight excluding hydrogens is 616 g/mol. The van der Waals surface area contributed by atoms with Crippen molar-refractivity contribution in [3.8, 4) is 11.4 Å². The molecule has 1 fully saturated rings. The van der Waals surface area contributed by atoms with Crippen LogP contribution in [0.1, 0.15) is 23.6 Å². The summed E-state index contributed by atoms with van der Waals surface area (Å²) in [5.41, 5.74) is 1.74. The minimum absolute atomic E-state index is 0.0475. The van der Waals surface area contributed by atoms with Gasteiger partial charge in [0, 0.05) is 56.8 Å². The molecular formula is C32H40N4O9S. The van der Waals surface area contributed by atoms with E-state index in [1.54, 1.807) is 32.5 Å². The molecule has 248 valence electrons. The molecule has 13 nitrogen and oxygen atoms in total. The van der Waals surface area contributed by atoms with Crippen LogP contribution in [0.4, 0.5) is 0 Å². The fraction of sp³-hybridized carbons (Fsp3) is 0.438. The molecule has 2 aliphatic heterocycles. The molecule has 5 rings (SSSR count). The van der Waals surface area contributed by atoms with Crippen LogP contribution >= 0.6 is 0 Å².